The summed E-state index contributed by atoms with van der Waals surface area (Å²) in [5.74, 6) is -1.88. The number of pyridine rings is 1. The van der Waals surface area contributed by atoms with E-state index in [-0.39, 0.29) is 17.3 Å². The van der Waals surface area contributed by atoms with Crippen molar-refractivity contribution in [1.82, 2.24) is 14.8 Å². The fraction of sp³-hybridized carbons (Fsp3) is 0.0909. The van der Waals surface area contributed by atoms with Gasteiger partial charge < -0.3 is 11.1 Å². The summed E-state index contributed by atoms with van der Waals surface area (Å²) in [7, 11) is 0. The van der Waals surface area contributed by atoms with Gasteiger partial charge in [0.15, 0.2) is 0 Å². The lowest BCUT2D eigenvalue weighted by molar-refractivity contribution is -0.118. The fourth-order valence-corrected chi connectivity index (χ4v) is 1.64. The fourth-order valence-electron chi connectivity index (χ4n) is 1.45. The maximum absolute atomic E-state index is 13.0. The van der Waals surface area contributed by atoms with Gasteiger partial charge in [-0.3, -0.25) is 14.3 Å². The number of hydrogen-bond acceptors (Lipinski definition) is 4. The van der Waals surface area contributed by atoms with Crippen molar-refractivity contribution in [3.05, 3.63) is 41.2 Å². The Morgan fingerprint density at radius 1 is 1.45 bits per heavy atom. The molecule has 0 aliphatic carbocycles. The van der Waals surface area contributed by atoms with Gasteiger partial charge in [-0.1, -0.05) is 11.6 Å². The number of hydrogen-bond donors (Lipinski definition) is 2. The average Bonchev–Trinajstić information content (AvgIpc) is 2.78. The summed E-state index contributed by atoms with van der Waals surface area (Å²) in [5, 5.41) is 6.16. The SMILES string of the molecule is NC(=O)Cn1cc(NC(=O)c2cc(F)cnc2Cl)cn1. The number of nitrogens with two attached hydrogens (primary N) is 1. The van der Waals surface area contributed by atoms with Crippen molar-refractivity contribution >= 4 is 29.1 Å². The van der Waals surface area contributed by atoms with Crippen LogP contribution in [-0.2, 0) is 11.3 Å². The molecule has 0 aliphatic rings. The Morgan fingerprint density at radius 2 is 2.20 bits per heavy atom. The second-order valence-corrected chi connectivity index (χ2v) is 4.20. The van der Waals surface area contributed by atoms with Crippen LogP contribution in [0.5, 0.6) is 0 Å². The third kappa shape index (κ3) is 3.29. The summed E-state index contributed by atoms with van der Waals surface area (Å²) < 4.78 is 14.3. The Labute approximate surface area is 117 Å². The first-order valence-electron chi connectivity index (χ1n) is 5.39. The van der Waals surface area contributed by atoms with Crippen molar-refractivity contribution in [3.63, 3.8) is 0 Å². The first-order valence-corrected chi connectivity index (χ1v) is 5.76. The first-order chi connectivity index (χ1) is 9.45. The molecule has 0 aromatic carbocycles. The van der Waals surface area contributed by atoms with E-state index in [4.69, 9.17) is 17.3 Å². The highest BCUT2D eigenvalue weighted by molar-refractivity contribution is 6.33. The van der Waals surface area contributed by atoms with Crippen molar-refractivity contribution in [2.24, 2.45) is 5.73 Å². The number of nitrogens with zero attached hydrogens (tertiary/aromatic N) is 3. The van der Waals surface area contributed by atoms with E-state index >= 15 is 0 Å². The van der Waals surface area contributed by atoms with Gasteiger partial charge in [-0.25, -0.2) is 9.37 Å². The number of carbonyl (C=O) groups is 2. The summed E-state index contributed by atoms with van der Waals surface area (Å²) >= 11 is 5.71. The summed E-state index contributed by atoms with van der Waals surface area (Å²) in [5.41, 5.74) is 5.22. The predicted octanol–water partition coefficient (Wildman–Crippen LogP) is 0.808. The summed E-state index contributed by atoms with van der Waals surface area (Å²) in [4.78, 5) is 26.1. The second-order valence-electron chi connectivity index (χ2n) is 3.84. The highest BCUT2D eigenvalue weighted by Crippen LogP contribution is 2.16. The van der Waals surface area contributed by atoms with Crippen LogP contribution in [0.15, 0.2) is 24.7 Å². The minimum atomic E-state index is -0.677. The van der Waals surface area contributed by atoms with E-state index in [0.717, 1.165) is 12.3 Å². The van der Waals surface area contributed by atoms with E-state index < -0.39 is 17.6 Å². The third-order valence-corrected chi connectivity index (χ3v) is 2.56. The highest BCUT2D eigenvalue weighted by atomic mass is 35.5. The lowest BCUT2D eigenvalue weighted by atomic mass is 10.2. The molecular formula is C11H9ClFN5O2. The van der Waals surface area contributed by atoms with Crippen LogP contribution in [0.1, 0.15) is 10.4 Å². The van der Waals surface area contributed by atoms with Crippen LogP contribution in [0.3, 0.4) is 0 Å². The van der Waals surface area contributed by atoms with E-state index in [1.165, 1.54) is 17.1 Å². The Hall–Kier alpha value is -2.48. The zero-order valence-electron chi connectivity index (χ0n) is 10.0. The van der Waals surface area contributed by atoms with Crippen molar-refractivity contribution in [2.45, 2.75) is 6.54 Å². The molecule has 104 valence electrons. The number of carbonyl (C=O) groups excluding carboxylic acids is 2. The summed E-state index contributed by atoms with van der Waals surface area (Å²) in [6, 6.07) is 0.971. The summed E-state index contributed by atoms with van der Waals surface area (Å²) in [6.45, 7) is -0.113. The number of primary amides is 1. The largest absolute Gasteiger partial charge is 0.368 e. The first kappa shape index (κ1) is 13.9. The molecule has 20 heavy (non-hydrogen) atoms. The van der Waals surface area contributed by atoms with Crippen LogP contribution in [0, 0.1) is 5.82 Å². The Morgan fingerprint density at radius 3 is 2.90 bits per heavy atom. The molecule has 0 atom stereocenters. The molecule has 2 heterocycles. The number of halogens is 2. The number of amides is 2. The zero-order valence-corrected chi connectivity index (χ0v) is 10.8. The van der Waals surface area contributed by atoms with Gasteiger partial charge in [0.25, 0.3) is 5.91 Å². The highest BCUT2D eigenvalue weighted by Gasteiger charge is 2.14. The van der Waals surface area contributed by atoms with Crippen molar-refractivity contribution in [2.75, 3.05) is 5.32 Å². The predicted molar refractivity (Wildman–Crippen MR) is 68.6 cm³/mol. The van der Waals surface area contributed by atoms with Gasteiger partial charge in [0.05, 0.1) is 23.6 Å². The molecule has 7 nitrogen and oxygen atoms in total. The van der Waals surface area contributed by atoms with Crippen LogP contribution >= 0.6 is 11.6 Å². The van der Waals surface area contributed by atoms with Crippen LogP contribution in [-0.4, -0.2) is 26.6 Å². The second kappa shape index (κ2) is 5.66. The van der Waals surface area contributed by atoms with Crippen molar-refractivity contribution in [1.29, 1.82) is 0 Å². The molecule has 9 heteroatoms. The number of anilines is 1. The molecule has 3 N–H and O–H groups in total. The van der Waals surface area contributed by atoms with Gasteiger partial charge in [0.1, 0.15) is 17.5 Å². The van der Waals surface area contributed by atoms with Gasteiger partial charge in [-0.15, -0.1) is 0 Å². The van der Waals surface area contributed by atoms with Crippen LogP contribution in [0.25, 0.3) is 0 Å². The van der Waals surface area contributed by atoms with E-state index in [0.29, 0.717) is 5.69 Å². The molecule has 2 rings (SSSR count). The smallest absolute Gasteiger partial charge is 0.258 e. The molecule has 0 spiro atoms. The molecule has 0 aliphatic heterocycles. The molecule has 2 aromatic heterocycles. The van der Waals surface area contributed by atoms with Crippen molar-refractivity contribution < 1.29 is 14.0 Å². The molecule has 0 unspecified atom stereocenters. The Kier molecular flexibility index (Phi) is 3.94. The molecule has 2 aromatic rings. The number of rotatable bonds is 4. The van der Waals surface area contributed by atoms with Gasteiger partial charge in [-0.05, 0) is 6.07 Å². The maximum Gasteiger partial charge on any atom is 0.258 e. The lowest BCUT2D eigenvalue weighted by Gasteiger charge is -2.03. The minimum absolute atomic E-state index is 0.102. The van der Waals surface area contributed by atoms with Crippen LogP contribution < -0.4 is 11.1 Å². The van der Waals surface area contributed by atoms with Crippen LogP contribution in [0.2, 0.25) is 5.15 Å². The molecule has 2 amide bonds. The maximum atomic E-state index is 13.0. The van der Waals surface area contributed by atoms with Crippen LogP contribution in [0.4, 0.5) is 10.1 Å². The Bertz CT molecular complexity index is 673. The van der Waals surface area contributed by atoms with Crippen molar-refractivity contribution in [3.8, 4) is 0 Å². The molecule has 0 fully saturated rings. The van der Waals surface area contributed by atoms with E-state index in [9.17, 15) is 14.0 Å². The molecule has 0 saturated heterocycles. The Balaban J connectivity index is 2.13. The van der Waals surface area contributed by atoms with Gasteiger partial charge >= 0.3 is 0 Å². The number of aromatic nitrogens is 3. The normalized spacial score (nSPS) is 10.3. The van der Waals surface area contributed by atoms with E-state index in [1.54, 1.807) is 0 Å². The zero-order chi connectivity index (χ0) is 14.7. The minimum Gasteiger partial charge on any atom is -0.368 e. The van der Waals surface area contributed by atoms with Gasteiger partial charge in [0.2, 0.25) is 5.91 Å². The molecule has 0 saturated carbocycles. The molecule has 0 radical (unpaired) electrons. The number of nitrogens with one attached hydrogen (secondary N) is 1. The van der Waals surface area contributed by atoms with E-state index in [1.807, 2.05) is 0 Å². The van der Waals surface area contributed by atoms with Gasteiger partial charge in [-0.2, -0.15) is 5.10 Å². The third-order valence-electron chi connectivity index (χ3n) is 2.26. The summed E-state index contributed by atoms with van der Waals surface area (Å²) in [6.07, 6.45) is 3.63. The van der Waals surface area contributed by atoms with E-state index in [2.05, 4.69) is 15.4 Å². The molecule has 0 bridgehead atoms. The lowest BCUT2D eigenvalue weighted by Crippen LogP contribution is -2.18. The standard InChI is InChI=1S/C11H9ClFN5O2/c12-10-8(1-6(13)2-15-10)11(20)17-7-3-16-18(4-7)5-9(14)19/h1-4H,5H2,(H2,14,19)(H,17,20). The monoisotopic (exact) mass is 297 g/mol. The molecular weight excluding hydrogens is 289 g/mol. The average molecular weight is 298 g/mol. The topological polar surface area (TPSA) is 103 Å². The quantitative estimate of drug-likeness (QED) is 0.815. The van der Waals surface area contributed by atoms with Gasteiger partial charge in [0, 0.05) is 6.20 Å².